The van der Waals surface area contributed by atoms with Crippen molar-refractivity contribution in [2.75, 3.05) is 33.9 Å². The Hall–Kier alpha value is -1.17. The van der Waals surface area contributed by atoms with Crippen LogP contribution in [0.3, 0.4) is 0 Å². The highest BCUT2D eigenvalue weighted by Gasteiger charge is 2.27. The van der Waals surface area contributed by atoms with E-state index < -0.39 is 0 Å². The van der Waals surface area contributed by atoms with Crippen molar-refractivity contribution in [3.8, 4) is 0 Å². The van der Waals surface area contributed by atoms with Gasteiger partial charge in [0.25, 0.3) is 0 Å². The smallest absolute Gasteiger partial charge is 0.178 e. The van der Waals surface area contributed by atoms with Gasteiger partial charge < -0.3 is 14.4 Å². The van der Waals surface area contributed by atoms with Gasteiger partial charge in [0, 0.05) is 37.2 Å². The third kappa shape index (κ3) is 4.43. The summed E-state index contributed by atoms with van der Waals surface area (Å²) >= 11 is 0. The third-order valence-electron chi connectivity index (χ3n) is 4.97. The molecule has 0 saturated heterocycles. The Kier molecular flexibility index (Phi) is 6.39. The standard InChI is InChI=1S/C18H30N2O3/c1-13-10-16(14(2)20(13)8-9-23-4)18(22)12-19(3)11-15-6-5-7-17(15)21/h10,15,17,21H,5-9,11-12H2,1-4H3. The maximum absolute atomic E-state index is 12.6. The fourth-order valence-corrected chi connectivity index (χ4v) is 3.64. The number of ketones is 1. The van der Waals surface area contributed by atoms with Gasteiger partial charge in [0.1, 0.15) is 0 Å². The molecule has 130 valence electrons. The van der Waals surface area contributed by atoms with Gasteiger partial charge in [-0.05, 0) is 45.7 Å². The summed E-state index contributed by atoms with van der Waals surface area (Å²) < 4.78 is 7.27. The minimum atomic E-state index is -0.202. The lowest BCUT2D eigenvalue weighted by molar-refractivity contribution is 0.0869. The van der Waals surface area contributed by atoms with Gasteiger partial charge in [-0.3, -0.25) is 9.69 Å². The number of carbonyl (C=O) groups excluding carboxylic acids is 1. The molecule has 0 aliphatic heterocycles. The lowest BCUT2D eigenvalue weighted by Gasteiger charge is -2.22. The monoisotopic (exact) mass is 322 g/mol. The number of ether oxygens (including phenoxy) is 1. The summed E-state index contributed by atoms with van der Waals surface area (Å²) in [5.41, 5.74) is 2.91. The van der Waals surface area contributed by atoms with E-state index in [0.717, 1.165) is 49.3 Å². The molecule has 0 bridgehead atoms. The van der Waals surface area contributed by atoms with Crippen LogP contribution in [0.2, 0.25) is 0 Å². The first-order valence-electron chi connectivity index (χ1n) is 8.49. The second-order valence-electron chi connectivity index (χ2n) is 6.81. The van der Waals surface area contributed by atoms with Crippen LogP contribution in [0, 0.1) is 19.8 Å². The van der Waals surface area contributed by atoms with Gasteiger partial charge >= 0.3 is 0 Å². The van der Waals surface area contributed by atoms with E-state index in [0.29, 0.717) is 19.1 Å². The van der Waals surface area contributed by atoms with E-state index in [-0.39, 0.29) is 11.9 Å². The van der Waals surface area contributed by atoms with Crippen LogP contribution in [0.1, 0.15) is 41.0 Å². The van der Waals surface area contributed by atoms with Gasteiger partial charge in [0.15, 0.2) is 5.78 Å². The van der Waals surface area contributed by atoms with E-state index >= 15 is 0 Å². The molecule has 1 aromatic rings. The van der Waals surface area contributed by atoms with Crippen LogP contribution < -0.4 is 0 Å². The fraction of sp³-hybridized carbons (Fsp3) is 0.722. The van der Waals surface area contributed by atoms with Gasteiger partial charge in [0.2, 0.25) is 0 Å². The molecule has 2 unspecified atom stereocenters. The molecule has 1 fully saturated rings. The van der Waals surface area contributed by atoms with E-state index in [1.54, 1.807) is 7.11 Å². The van der Waals surface area contributed by atoms with Crippen molar-refractivity contribution < 1.29 is 14.6 Å². The maximum atomic E-state index is 12.6. The largest absolute Gasteiger partial charge is 0.393 e. The van der Waals surface area contributed by atoms with Crippen molar-refractivity contribution in [2.45, 2.75) is 45.8 Å². The zero-order valence-electron chi connectivity index (χ0n) is 14.8. The number of likely N-dealkylation sites (N-methyl/N-ethyl adjacent to an activating group) is 1. The van der Waals surface area contributed by atoms with E-state index in [1.165, 1.54) is 0 Å². The Bertz CT molecular complexity index is 539. The van der Waals surface area contributed by atoms with Gasteiger partial charge in [0.05, 0.1) is 19.3 Å². The van der Waals surface area contributed by atoms with Gasteiger partial charge in [-0.2, -0.15) is 0 Å². The fourth-order valence-electron chi connectivity index (χ4n) is 3.64. The van der Waals surface area contributed by atoms with Crippen LogP contribution in [0.15, 0.2) is 6.07 Å². The number of rotatable bonds is 8. The lowest BCUT2D eigenvalue weighted by Crippen LogP contribution is -2.33. The predicted molar refractivity (Wildman–Crippen MR) is 91.0 cm³/mol. The SMILES string of the molecule is COCCn1c(C)cc(C(=O)CN(C)CC2CCCC2O)c1C. The summed E-state index contributed by atoms with van der Waals surface area (Å²) in [6.45, 7) is 6.62. The number of Topliss-reactive ketones (excluding diaryl/α,β-unsaturated/α-hetero) is 1. The number of hydrogen-bond acceptors (Lipinski definition) is 4. The zero-order chi connectivity index (χ0) is 17.0. The second-order valence-corrected chi connectivity index (χ2v) is 6.81. The first-order valence-corrected chi connectivity index (χ1v) is 8.49. The van der Waals surface area contributed by atoms with Crippen molar-refractivity contribution in [3.63, 3.8) is 0 Å². The van der Waals surface area contributed by atoms with Crippen molar-refractivity contribution in [1.82, 2.24) is 9.47 Å². The molecule has 1 aliphatic rings. The quantitative estimate of drug-likeness (QED) is 0.744. The number of carbonyl (C=O) groups is 1. The predicted octanol–water partition coefficient (Wildman–Crippen LogP) is 2.03. The number of nitrogens with zero attached hydrogens (tertiary/aromatic N) is 2. The number of methoxy groups -OCH3 is 1. The molecule has 2 rings (SSSR count). The Morgan fingerprint density at radius 1 is 1.43 bits per heavy atom. The Labute approximate surface area is 139 Å². The van der Waals surface area contributed by atoms with Crippen LogP contribution in [-0.4, -0.2) is 60.3 Å². The Morgan fingerprint density at radius 3 is 2.78 bits per heavy atom. The summed E-state index contributed by atoms with van der Waals surface area (Å²) in [6, 6.07) is 1.98. The summed E-state index contributed by atoms with van der Waals surface area (Å²) in [5, 5.41) is 9.93. The van der Waals surface area contributed by atoms with Crippen LogP contribution in [0.25, 0.3) is 0 Å². The highest BCUT2D eigenvalue weighted by molar-refractivity contribution is 5.99. The number of aliphatic hydroxyl groups is 1. The second kappa shape index (κ2) is 8.08. The number of aromatic nitrogens is 1. The molecular formula is C18H30N2O3. The molecule has 2 atom stereocenters. The van der Waals surface area contributed by atoms with E-state index in [2.05, 4.69) is 4.57 Å². The van der Waals surface area contributed by atoms with Gasteiger partial charge in [-0.15, -0.1) is 0 Å². The Balaban J connectivity index is 1.97. The van der Waals surface area contributed by atoms with Gasteiger partial charge in [-0.1, -0.05) is 6.42 Å². The topological polar surface area (TPSA) is 54.7 Å². The van der Waals surface area contributed by atoms with Crippen molar-refractivity contribution in [1.29, 1.82) is 0 Å². The molecule has 0 aromatic carbocycles. The minimum Gasteiger partial charge on any atom is -0.393 e. The van der Waals surface area contributed by atoms with Crippen LogP contribution in [0.5, 0.6) is 0 Å². The molecule has 0 spiro atoms. The first kappa shape index (κ1) is 18.2. The van der Waals surface area contributed by atoms with E-state index in [1.807, 2.05) is 31.9 Å². The van der Waals surface area contributed by atoms with Crippen LogP contribution in [0.4, 0.5) is 0 Å². The average molecular weight is 322 g/mol. The summed E-state index contributed by atoms with van der Waals surface area (Å²) in [6.07, 6.45) is 2.85. The van der Waals surface area contributed by atoms with Crippen molar-refractivity contribution in [3.05, 3.63) is 23.0 Å². The highest BCUT2D eigenvalue weighted by atomic mass is 16.5. The van der Waals surface area contributed by atoms with E-state index in [9.17, 15) is 9.90 Å². The molecule has 1 N–H and O–H groups in total. The number of aryl methyl sites for hydroxylation is 1. The molecule has 1 aliphatic carbocycles. The lowest BCUT2D eigenvalue weighted by atomic mass is 10.1. The molecule has 1 aromatic heterocycles. The molecule has 1 saturated carbocycles. The average Bonchev–Trinajstić information content (AvgIpc) is 3.01. The maximum Gasteiger partial charge on any atom is 0.178 e. The highest BCUT2D eigenvalue weighted by Crippen LogP contribution is 2.26. The zero-order valence-corrected chi connectivity index (χ0v) is 14.8. The van der Waals surface area contributed by atoms with Gasteiger partial charge in [-0.25, -0.2) is 0 Å². The molecule has 0 amide bonds. The van der Waals surface area contributed by atoms with E-state index in [4.69, 9.17) is 4.74 Å². The summed E-state index contributed by atoms with van der Waals surface area (Å²) in [5.74, 6) is 0.457. The molecule has 5 nitrogen and oxygen atoms in total. The van der Waals surface area contributed by atoms with Crippen molar-refractivity contribution >= 4 is 5.78 Å². The first-order chi connectivity index (χ1) is 10.9. The third-order valence-corrected chi connectivity index (χ3v) is 4.97. The Morgan fingerprint density at radius 2 is 2.17 bits per heavy atom. The molecule has 23 heavy (non-hydrogen) atoms. The number of aliphatic hydroxyl groups excluding tert-OH is 1. The normalized spacial score (nSPS) is 21.3. The molecule has 0 radical (unpaired) electrons. The molecule has 1 heterocycles. The van der Waals surface area contributed by atoms with Crippen LogP contribution in [-0.2, 0) is 11.3 Å². The molecular weight excluding hydrogens is 292 g/mol. The summed E-state index contributed by atoms with van der Waals surface area (Å²) in [7, 11) is 3.65. The molecule has 5 heteroatoms. The minimum absolute atomic E-state index is 0.150. The summed E-state index contributed by atoms with van der Waals surface area (Å²) in [4.78, 5) is 14.7. The number of hydrogen-bond donors (Lipinski definition) is 1. The van der Waals surface area contributed by atoms with Crippen LogP contribution >= 0.6 is 0 Å². The van der Waals surface area contributed by atoms with Crippen molar-refractivity contribution in [2.24, 2.45) is 5.92 Å².